The molecule has 2 unspecified atom stereocenters. The highest BCUT2D eigenvalue weighted by Crippen LogP contribution is 2.23. The van der Waals surface area contributed by atoms with Crippen molar-refractivity contribution < 1.29 is 9.84 Å². The van der Waals surface area contributed by atoms with Crippen LogP contribution in [0.4, 0.5) is 0 Å². The van der Waals surface area contributed by atoms with E-state index in [2.05, 4.69) is 5.92 Å². The summed E-state index contributed by atoms with van der Waals surface area (Å²) in [7, 11) is 0. The topological polar surface area (TPSA) is 29.5 Å². The molecule has 10 heavy (non-hydrogen) atoms. The number of aliphatic hydroxyl groups is 1. The van der Waals surface area contributed by atoms with Crippen molar-refractivity contribution in [2.75, 3.05) is 6.61 Å². The van der Waals surface area contributed by atoms with E-state index in [4.69, 9.17) is 11.2 Å². The van der Waals surface area contributed by atoms with Crippen LogP contribution in [-0.4, -0.2) is 23.4 Å². The molecule has 0 spiro atoms. The summed E-state index contributed by atoms with van der Waals surface area (Å²) in [5.41, 5.74) is -0.738. The van der Waals surface area contributed by atoms with Gasteiger partial charge in [-0.05, 0) is 19.8 Å². The molecule has 1 fully saturated rings. The van der Waals surface area contributed by atoms with E-state index in [0.717, 1.165) is 12.8 Å². The summed E-state index contributed by atoms with van der Waals surface area (Å²) in [6.07, 6.45) is 6.35. The molecule has 1 heterocycles. The normalized spacial score (nSPS) is 40.7. The Labute approximate surface area is 61.2 Å². The molecule has 56 valence electrons. The molecule has 1 rings (SSSR count). The molecular weight excluding hydrogens is 128 g/mol. The third-order valence-electron chi connectivity index (χ3n) is 1.95. The minimum Gasteiger partial charge on any atom is -0.389 e. The second kappa shape index (κ2) is 2.61. The number of hydrogen-bond donors (Lipinski definition) is 1. The largest absolute Gasteiger partial charge is 0.389 e. The van der Waals surface area contributed by atoms with Crippen LogP contribution in [0.1, 0.15) is 19.8 Å². The zero-order valence-electron chi connectivity index (χ0n) is 6.13. The highest BCUT2D eigenvalue weighted by molar-refractivity contribution is 5.10. The van der Waals surface area contributed by atoms with Crippen molar-refractivity contribution in [2.24, 2.45) is 0 Å². The molecule has 0 bridgehead atoms. The van der Waals surface area contributed by atoms with Crippen LogP contribution < -0.4 is 0 Å². The molecule has 1 saturated heterocycles. The quantitative estimate of drug-likeness (QED) is 0.498. The molecule has 2 nitrogen and oxygen atoms in total. The molecular formula is C8H12O2. The van der Waals surface area contributed by atoms with Gasteiger partial charge in [0.2, 0.25) is 0 Å². The fraction of sp³-hybridized carbons (Fsp3) is 0.750. The van der Waals surface area contributed by atoms with Crippen LogP contribution in [0.25, 0.3) is 0 Å². The minimum absolute atomic E-state index is 0.494. The van der Waals surface area contributed by atoms with Crippen LogP contribution in [-0.2, 0) is 4.74 Å². The third-order valence-corrected chi connectivity index (χ3v) is 1.95. The number of aliphatic hydroxyl groups excluding tert-OH is 1. The zero-order valence-corrected chi connectivity index (χ0v) is 6.13. The Hall–Kier alpha value is -0.520. The molecule has 0 radical (unpaired) electrons. The van der Waals surface area contributed by atoms with Gasteiger partial charge in [-0.1, -0.05) is 5.92 Å². The van der Waals surface area contributed by atoms with E-state index < -0.39 is 11.7 Å². The summed E-state index contributed by atoms with van der Waals surface area (Å²) in [4.78, 5) is 0. The lowest BCUT2D eigenvalue weighted by Crippen LogP contribution is -2.44. The minimum atomic E-state index is -0.738. The highest BCUT2D eigenvalue weighted by Gasteiger charge is 2.34. The van der Waals surface area contributed by atoms with E-state index >= 15 is 0 Å². The van der Waals surface area contributed by atoms with Crippen LogP contribution >= 0.6 is 0 Å². The van der Waals surface area contributed by atoms with Gasteiger partial charge in [-0.25, -0.2) is 0 Å². The van der Waals surface area contributed by atoms with E-state index in [1.165, 1.54) is 0 Å². The first-order valence-corrected chi connectivity index (χ1v) is 3.49. The first-order chi connectivity index (χ1) is 4.69. The number of terminal acetylenes is 1. The van der Waals surface area contributed by atoms with Gasteiger partial charge in [-0.3, -0.25) is 0 Å². The fourth-order valence-corrected chi connectivity index (χ4v) is 1.07. The average molecular weight is 140 g/mol. The fourth-order valence-electron chi connectivity index (χ4n) is 1.07. The maximum absolute atomic E-state index is 9.36. The molecule has 0 aromatic rings. The summed E-state index contributed by atoms with van der Waals surface area (Å²) < 4.78 is 5.24. The van der Waals surface area contributed by atoms with Crippen molar-refractivity contribution in [3.8, 4) is 12.3 Å². The molecule has 2 heteroatoms. The van der Waals surface area contributed by atoms with Crippen molar-refractivity contribution in [1.29, 1.82) is 0 Å². The molecule has 0 aromatic carbocycles. The second-order valence-corrected chi connectivity index (χ2v) is 2.76. The van der Waals surface area contributed by atoms with Crippen molar-refractivity contribution in [2.45, 2.75) is 31.5 Å². The Balaban J connectivity index is 2.65. The van der Waals surface area contributed by atoms with Gasteiger partial charge in [0.15, 0.2) is 5.60 Å². The molecule has 0 saturated carbocycles. The monoisotopic (exact) mass is 140 g/mol. The van der Waals surface area contributed by atoms with E-state index in [1.54, 1.807) is 6.92 Å². The van der Waals surface area contributed by atoms with E-state index in [-0.39, 0.29) is 0 Å². The predicted octanol–water partition coefficient (Wildman–Crippen LogP) is 0.550. The van der Waals surface area contributed by atoms with Crippen LogP contribution in [0.3, 0.4) is 0 Å². The Bertz CT molecular complexity index is 159. The molecule has 0 aromatic heterocycles. The summed E-state index contributed by atoms with van der Waals surface area (Å²) in [6.45, 7) is 2.41. The molecule has 2 atom stereocenters. The van der Waals surface area contributed by atoms with Gasteiger partial charge in [0.1, 0.15) is 0 Å². The van der Waals surface area contributed by atoms with Gasteiger partial charge >= 0.3 is 0 Å². The summed E-state index contributed by atoms with van der Waals surface area (Å²) in [5, 5.41) is 9.36. The highest BCUT2D eigenvalue weighted by atomic mass is 16.5. The van der Waals surface area contributed by atoms with E-state index in [0.29, 0.717) is 6.61 Å². The first-order valence-electron chi connectivity index (χ1n) is 3.49. The van der Waals surface area contributed by atoms with Crippen molar-refractivity contribution in [1.82, 2.24) is 0 Å². The second-order valence-electron chi connectivity index (χ2n) is 2.76. The Morgan fingerprint density at radius 2 is 2.50 bits per heavy atom. The van der Waals surface area contributed by atoms with Gasteiger partial charge in [-0.2, -0.15) is 0 Å². The average Bonchev–Trinajstić information content (AvgIpc) is 1.96. The maximum Gasteiger partial charge on any atom is 0.151 e. The smallest absolute Gasteiger partial charge is 0.151 e. The summed E-state index contributed by atoms with van der Waals surface area (Å²) in [5.74, 6) is 2.46. The molecule has 1 aliphatic heterocycles. The predicted molar refractivity (Wildman–Crippen MR) is 38.4 cm³/mol. The lowest BCUT2D eigenvalue weighted by Gasteiger charge is -2.33. The van der Waals surface area contributed by atoms with Crippen LogP contribution in [0.15, 0.2) is 0 Å². The lowest BCUT2D eigenvalue weighted by molar-refractivity contribution is -0.107. The molecule has 0 aliphatic carbocycles. The van der Waals surface area contributed by atoms with Gasteiger partial charge in [0.25, 0.3) is 0 Å². The van der Waals surface area contributed by atoms with Gasteiger partial charge in [-0.15, -0.1) is 6.42 Å². The zero-order chi connectivity index (χ0) is 7.61. The maximum atomic E-state index is 9.36. The number of rotatable bonds is 0. The SMILES string of the molecule is C#CC1(C)OCCCC1O. The van der Waals surface area contributed by atoms with Crippen molar-refractivity contribution >= 4 is 0 Å². The Kier molecular flexibility index (Phi) is 1.98. The van der Waals surface area contributed by atoms with Crippen LogP contribution in [0.5, 0.6) is 0 Å². The molecule has 1 N–H and O–H groups in total. The lowest BCUT2D eigenvalue weighted by atomic mass is 9.94. The van der Waals surface area contributed by atoms with Crippen molar-refractivity contribution in [3.05, 3.63) is 0 Å². The third kappa shape index (κ3) is 1.16. The Morgan fingerprint density at radius 1 is 1.80 bits per heavy atom. The van der Waals surface area contributed by atoms with E-state index in [1.807, 2.05) is 0 Å². The summed E-state index contributed by atoms with van der Waals surface area (Å²) >= 11 is 0. The first kappa shape index (κ1) is 7.59. The van der Waals surface area contributed by atoms with Crippen LogP contribution in [0, 0.1) is 12.3 Å². The van der Waals surface area contributed by atoms with Gasteiger partial charge in [0, 0.05) is 6.61 Å². The number of hydrogen-bond acceptors (Lipinski definition) is 2. The molecule has 1 aliphatic rings. The Morgan fingerprint density at radius 3 is 2.90 bits per heavy atom. The molecule has 0 amide bonds. The summed E-state index contributed by atoms with van der Waals surface area (Å²) in [6, 6.07) is 0. The van der Waals surface area contributed by atoms with Crippen LogP contribution in [0.2, 0.25) is 0 Å². The standard InChI is InChI=1S/C8H12O2/c1-3-8(2)7(9)5-4-6-10-8/h1,7,9H,4-6H2,2H3. The van der Waals surface area contributed by atoms with Gasteiger partial charge < -0.3 is 9.84 Å². The van der Waals surface area contributed by atoms with E-state index in [9.17, 15) is 5.11 Å². The van der Waals surface area contributed by atoms with Crippen molar-refractivity contribution in [3.63, 3.8) is 0 Å². The van der Waals surface area contributed by atoms with Gasteiger partial charge in [0.05, 0.1) is 6.10 Å². The number of ether oxygens (including phenoxy) is 1.